The molecule has 0 N–H and O–H groups in total. The van der Waals surface area contributed by atoms with Gasteiger partial charge in [-0.3, -0.25) is 4.90 Å². The topological polar surface area (TPSA) is 65.1 Å². The van der Waals surface area contributed by atoms with Crippen LogP contribution in [-0.2, 0) is 25.4 Å². The second-order valence-electron chi connectivity index (χ2n) is 7.86. The number of benzene rings is 1. The minimum atomic E-state index is -1.40. The van der Waals surface area contributed by atoms with Gasteiger partial charge in [-0.2, -0.15) is 0 Å². The van der Waals surface area contributed by atoms with Gasteiger partial charge in [-0.25, -0.2) is 14.0 Å². The average Bonchev–Trinajstić information content (AvgIpc) is 2.52. The quantitative estimate of drug-likeness (QED) is 0.527. The van der Waals surface area contributed by atoms with E-state index in [2.05, 4.69) is 0 Å². The molecule has 27 heavy (non-hydrogen) atoms. The maximum atomic E-state index is 13.2. The van der Waals surface area contributed by atoms with E-state index in [1.165, 1.54) is 24.1 Å². The number of ether oxygens (including phenoxy) is 3. The number of hydrogen-bond acceptors (Lipinski definition) is 5. The lowest BCUT2D eigenvalue weighted by Crippen LogP contribution is -2.59. The number of amides is 1. The highest BCUT2D eigenvalue weighted by molar-refractivity contribution is 5.86. The van der Waals surface area contributed by atoms with E-state index in [1.807, 2.05) is 0 Å². The van der Waals surface area contributed by atoms with Crippen LogP contribution in [0, 0.1) is 5.82 Å². The molecule has 0 aliphatic rings. The number of esters is 1. The summed E-state index contributed by atoms with van der Waals surface area (Å²) in [4.78, 5) is 26.9. The van der Waals surface area contributed by atoms with Crippen LogP contribution in [-0.4, -0.2) is 48.0 Å². The Kier molecular flexibility index (Phi) is 7.77. The van der Waals surface area contributed by atoms with Gasteiger partial charge in [0.2, 0.25) is 0 Å². The lowest BCUT2D eigenvalue weighted by Gasteiger charge is -2.39. The van der Waals surface area contributed by atoms with Crippen molar-refractivity contribution in [2.24, 2.45) is 0 Å². The van der Waals surface area contributed by atoms with Crippen LogP contribution in [0.4, 0.5) is 9.18 Å². The second kappa shape index (κ2) is 9.17. The van der Waals surface area contributed by atoms with Crippen molar-refractivity contribution < 1.29 is 28.2 Å². The van der Waals surface area contributed by atoms with Crippen molar-refractivity contribution in [2.45, 2.75) is 65.2 Å². The lowest BCUT2D eigenvalue weighted by molar-refractivity contribution is -0.164. The van der Waals surface area contributed by atoms with Gasteiger partial charge in [0, 0.05) is 13.5 Å². The van der Waals surface area contributed by atoms with Gasteiger partial charge >= 0.3 is 12.1 Å². The number of hydrogen-bond donors (Lipinski definition) is 0. The summed E-state index contributed by atoms with van der Waals surface area (Å²) in [5.41, 5.74) is -1.48. The van der Waals surface area contributed by atoms with Crippen molar-refractivity contribution in [3.63, 3.8) is 0 Å². The van der Waals surface area contributed by atoms with Gasteiger partial charge < -0.3 is 14.2 Å². The first-order valence-corrected chi connectivity index (χ1v) is 8.84. The van der Waals surface area contributed by atoms with Crippen molar-refractivity contribution in [1.82, 2.24) is 4.90 Å². The maximum Gasteiger partial charge on any atom is 0.413 e. The van der Waals surface area contributed by atoms with E-state index >= 15 is 0 Å². The third-order valence-electron chi connectivity index (χ3n) is 3.71. The molecule has 0 heterocycles. The van der Waals surface area contributed by atoms with Crippen LogP contribution in [0.25, 0.3) is 0 Å². The number of halogens is 1. The zero-order chi connectivity index (χ0) is 20.8. The summed E-state index contributed by atoms with van der Waals surface area (Å²) >= 11 is 0. The normalized spacial score (nSPS) is 13.8. The molecular weight excluding hydrogens is 353 g/mol. The van der Waals surface area contributed by atoms with Gasteiger partial charge in [0.05, 0.1) is 6.10 Å². The Morgan fingerprint density at radius 3 is 2.11 bits per heavy atom. The van der Waals surface area contributed by atoms with Crippen molar-refractivity contribution in [3.8, 4) is 0 Å². The summed E-state index contributed by atoms with van der Waals surface area (Å²) in [5.74, 6) is -0.976. The fourth-order valence-electron chi connectivity index (χ4n) is 2.46. The number of rotatable bonds is 7. The summed E-state index contributed by atoms with van der Waals surface area (Å²) < 4.78 is 29.3. The average molecular weight is 383 g/mol. The van der Waals surface area contributed by atoms with E-state index < -0.39 is 23.2 Å². The molecule has 1 aromatic carbocycles. The molecule has 7 heteroatoms. The van der Waals surface area contributed by atoms with Gasteiger partial charge in [0.1, 0.15) is 23.7 Å². The Hall–Kier alpha value is -2.15. The Balaban J connectivity index is 3.31. The van der Waals surface area contributed by atoms with Crippen LogP contribution in [0.1, 0.15) is 47.1 Å². The molecule has 1 rings (SSSR count). The Bertz CT molecular complexity index is 639. The summed E-state index contributed by atoms with van der Waals surface area (Å²) in [6, 6.07) is 5.74. The molecule has 0 aliphatic heterocycles. The first-order chi connectivity index (χ1) is 12.4. The zero-order valence-electron chi connectivity index (χ0n) is 17.2. The van der Waals surface area contributed by atoms with E-state index in [4.69, 9.17) is 14.2 Å². The third-order valence-corrected chi connectivity index (χ3v) is 3.71. The first kappa shape index (κ1) is 22.9. The monoisotopic (exact) mass is 383 g/mol. The van der Waals surface area contributed by atoms with Gasteiger partial charge in [0.15, 0.2) is 0 Å². The minimum absolute atomic E-state index is 0.113. The zero-order valence-corrected chi connectivity index (χ0v) is 17.2. The SMILES string of the molecule is COCN(C(=O)OC(C)(C)C)[C@@](C)(Cc1ccc(F)cc1)C(=O)OC(C)C. The molecule has 1 aromatic rings. The molecule has 0 bridgehead atoms. The minimum Gasteiger partial charge on any atom is -0.461 e. The van der Waals surface area contributed by atoms with Crippen LogP contribution in [0.2, 0.25) is 0 Å². The van der Waals surface area contributed by atoms with Crippen molar-refractivity contribution in [3.05, 3.63) is 35.6 Å². The number of carbonyl (C=O) groups excluding carboxylic acids is 2. The predicted molar refractivity (Wildman–Crippen MR) is 99.7 cm³/mol. The molecule has 0 saturated carbocycles. The third kappa shape index (κ3) is 6.82. The molecule has 0 aromatic heterocycles. The summed E-state index contributed by atoms with van der Waals surface area (Å²) in [7, 11) is 1.42. The molecule has 6 nitrogen and oxygen atoms in total. The summed E-state index contributed by atoms with van der Waals surface area (Å²) in [5, 5.41) is 0. The van der Waals surface area contributed by atoms with E-state index in [9.17, 15) is 14.0 Å². The highest BCUT2D eigenvalue weighted by Gasteiger charge is 2.46. The standard InChI is InChI=1S/C20H30FNO5/c1-14(2)26-17(23)20(6,12-15-8-10-16(21)11-9-15)22(13-25-7)18(24)27-19(3,4)5/h8-11,14H,12-13H2,1-7H3/t20-/m0/s1. The van der Waals surface area contributed by atoms with Crippen LogP contribution in [0.5, 0.6) is 0 Å². The van der Waals surface area contributed by atoms with E-state index in [0.29, 0.717) is 5.56 Å². The fraction of sp³-hybridized carbons (Fsp3) is 0.600. The molecule has 1 amide bonds. The molecule has 1 atom stereocenters. The van der Waals surface area contributed by atoms with Gasteiger partial charge in [-0.05, 0) is 59.2 Å². The van der Waals surface area contributed by atoms with Crippen molar-refractivity contribution >= 4 is 12.1 Å². The predicted octanol–water partition coefficient (Wildman–Crippen LogP) is 3.92. The van der Waals surface area contributed by atoms with Crippen molar-refractivity contribution in [1.29, 1.82) is 0 Å². The molecule has 152 valence electrons. The molecule has 0 unspecified atom stereocenters. The smallest absolute Gasteiger partial charge is 0.413 e. The van der Waals surface area contributed by atoms with Crippen molar-refractivity contribution in [2.75, 3.05) is 13.8 Å². The van der Waals surface area contributed by atoms with E-state index in [1.54, 1.807) is 53.7 Å². The molecule has 0 fully saturated rings. The van der Waals surface area contributed by atoms with Crippen LogP contribution in [0.15, 0.2) is 24.3 Å². The van der Waals surface area contributed by atoms with Crippen LogP contribution >= 0.6 is 0 Å². The second-order valence-corrected chi connectivity index (χ2v) is 7.86. The first-order valence-electron chi connectivity index (χ1n) is 8.84. The van der Waals surface area contributed by atoms with Crippen LogP contribution < -0.4 is 0 Å². The molecule has 0 spiro atoms. The molecule has 0 saturated heterocycles. The lowest BCUT2D eigenvalue weighted by atomic mass is 9.91. The molecule has 0 aliphatic carbocycles. The van der Waals surface area contributed by atoms with Gasteiger partial charge in [-0.15, -0.1) is 0 Å². The van der Waals surface area contributed by atoms with Gasteiger partial charge in [0.25, 0.3) is 0 Å². The Morgan fingerprint density at radius 2 is 1.67 bits per heavy atom. The highest BCUT2D eigenvalue weighted by atomic mass is 19.1. The number of carbonyl (C=O) groups is 2. The summed E-state index contributed by atoms with van der Waals surface area (Å²) in [6.07, 6.45) is -0.954. The van der Waals surface area contributed by atoms with E-state index in [-0.39, 0.29) is 25.1 Å². The summed E-state index contributed by atoms with van der Waals surface area (Å²) in [6.45, 7) is 10.1. The largest absolute Gasteiger partial charge is 0.461 e. The van der Waals surface area contributed by atoms with Gasteiger partial charge in [-0.1, -0.05) is 12.1 Å². The number of nitrogens with zero attached hydrogens (tertiary/aromatic N) is 1. The maximum absolute atomic E-state index is 13.2. The molecule has 0 radical (unpaired) electrons. The number of methoxy groups -OCH3 is 1. The molecular formula is C20H30FNO5. The Labute approximate surface area is 160 Å². The Morgan fingerprint density at radius 1 is 1.11 bits per heavy atom. The highest BCUT2D eigenvalue weighted by Crippen LogP contribution is 2.26. The van der Waals surface area contributed by atoms with E-state index in [0.717, 1.165) is 0 Å². The van der Waals surface area contributed by atoms with Crippen LogP contribution in [0.3, 0.4) is 0 Å². The fourth-order valence-corrected chi connectivity index (χ4v) is 2.46.